The van der Waals surface area contributed by atoms with Gasteiger partial charge in [-0.3, -0.25) is 14.9 Å². The van der Waals surface area contributed by atoms with Crippen LogP contribution in [0.2, 0.25) is 0 Å². The molecular weight excluding hydrogens is 334 g/mol. The highest BCUT2D eigenvalue weighted by Crippen LogP contribution is 2.39. The zero-order valence-corrected chi connectivity index (χ0v) is 16.9. The van der Waals surface area contributed by atoms with E-state index in [2.05, 4.69) is 24.5 Å². The smallest absolute Gasteiger partial charge is 0.238 e. The first-order chi connectivity index (χ1) is 12.0. The molecule has 0 unspecified atom stereocenters. The zero-order chi connectivity index (χ0) is 18.3. The molecule has 0 aliphatic carbocycles. The molecule has 2 saturated heterocycles. The van der Waals surface area contributed by atoms with E-state index in [1.54, 1.807) is 0 Å². The van der Waals surface area contributed by atoms with Gasteiger partial charge in [0.1, 0.15) is 0 Å². The van der Waals surface area contributed by atoms with Crippen molar-refractivity contribution in [3.63, 3.8) is 0 Å². The number of hydrogen-bond donors (Lipinski definition) is 2. The third-order valence-corrected chi connectivity index (χ3v) is 7.03. The number of hydrogen-bond acceptors (Lipinski definition) is 4. The summed E-state index contributed by atoms with van der Waals surface area (Å²) < 4.78 is 0. The van der Waals surface area contributed by atoms with E-state index in [-0.39, 0.29) is 22.9 Å². The van der Waals surface area contributed by atoms with Crippen molar-refractivity contribution in [1.29, 1.82) is 0 Å². The molecule has 2 amide bonds. The molecule has 0 aromatic heterocycles. The Balaban J connectivity index is 1.74. The van der Waals surface area contributed by atoms with Gasteiger partial charge < -0.3 is 10.2 Å². The molecule has 2 heterocycles. The number of unbranched alkanes of at least 4 members (excludes halogenated alkanes) is 3. The van der Waals surface area contributed by atoms with Crippen molar-refractivity contribution in [2.45, 2.75) is 89.1 Å². The molecular formula is C19H35N3O2S. The van der Waals surface area contributed by atoms with Crippen LogP contribution in [0.25, 0.3) is 0 Å². The second kappa shape index (κ2) is 9.81. The van der Waals surface area contributed by atoms with Crippen molar-refractivity contribution >= 4 is 23.6 Å². The third kappa shape index (κ3) is 5.88. The van der Waals surface area contributed by atoms with E-state index in [9.17, 15) is 9.59 Å². The second-order valence-corrected chi connectivity index (χ2v) is 8.92. The van der Waals surface area contributed by atoms with E-state index in [0.717, 1.165) is 50.9 Å². The summed E-state index contributed by atoms with van der Waals surface area (Å²) in [6, 6.07) is 0.123. The van der Waals surface area contributed by atoms with Crippen molar-refractivity contribution in [2.75, 3.05) is 18.8 Å². The number of thioether (sulfide) groups is 1. The molecule has 2 aliphatic rings. The molecule has 6 heteroatoms. The minimum Gasteiger partial charge on any atom is -0.352 e. The summed E-state index contributed by atoms with van der Waals surface area (Å²) in [7, 11) is 0. The van der Waals surface area contributed by atoms with Gasteiger partial charge in [0.15, 0.2) is 0 Å². The summed E-state index contributed by atoms with van der Waals surface area (Å²) >= 11 is 1.87. The van der Waals surface area contributed by atoms with Crippen molar-refractivity contribution in [2.24, 2.45) is 0 Å². The molecule has 2 rings (SSSR count). The van der Waals surface area contributed by atoms with E-state index in [0.29, 0.717) is 12.3 Å². The Morgan fingerprint density at radius 3 is 2.60 bits per heavy atom. The van der Waals surface area contributed by atoms with Gasteiger partial charge in [0, 0.05) is 31.3 Å². The van der Waals surface area contributed by atoms with E-state index in [1.807, 2.05) is 23.6 Å². The van der Waals surface area contributed by atoms with Crippen LogP contribution in [-0.2, 0) is 9.59 Å². The second-order valence-electron chi connectivity index (χ2n) is 7.51. The molecule has 2 aliphatic heterocycles. The number of nitrogens with one attached hydrogen (secondary N) is 2. The predicted octanol–water partition coefficient (Wildman–Crippen LogP) is 2.90. The van der Waals surface area contributed by atoms with Gasteiger partial charge in [-0.25, -0.2) is 0 Å². The maximum absolute atomic E-state index is 12.3. The van der Waals surface area contributed by atoms with Crippen LogP contribution < -0.4 is 10.6 Å². The van der Waals surface area contributed by atoms with E-state index >= 15 is 0 Å². The average molecular weight is 370 g/mol. The predicted molar refractivity (Wildman–Crippen MR) is 105 cm³/mol. The van der Waals surface area contributed by atoms with Gasteiger partial charge in [0.05, 0.1) is 10.9 Å². The van der Waals surface area contributed by atoms with Crippen molar-refractivity contribution < 1.29 is 9.59 Å². The minimum absolute atomic E-state index is 0.0174. The first kappa shape index (κ1) is 20.6. The Morgan fingerprint density at radius 1 is 1.24 bits per heavy atom. The van der Waals surface area contributed by atoms with Gasteiger partial charge in [-0.1, -0.05) is 33.1 Å². The standard InChI is InChI=1S/C19H35N3O2S/c1-4-6-7-8-9-17(23)22-12-10-19(11-13-22)21-16(14-25-19)18(24)20-15(3)5-2/h15-16,21H,4-14H2,1-3H3,(H,20,24)/t15-,16+/m0/s1. The fourth-order valence-corrected chi connectivity index (χ4v) is 4.91. The fraction of sp³-hybridized carbons (Fsp3) is 0.895. The van der Waals surface area contributed by atoms with Crippen LogP contribution in [0.3, 0.4) is 0 Å². The number of carbonyl (C=O) groups is 2. The average Bonchev–Trinajstić information content (AvgIpc) is 3.03. The Bertz CT molecular complexity index is 450. The lowest BCUT2D eigenvalue weighted by molar-refractivity contribution is -0.133. The van der Waals surface area contributed by atoms with Gasteiger partial charge in [-0.05, 0) is 32.6 Å². The van der Waals surface area contributed by atoms with E-state index < -0.39 is 0 Å². The quantitative estimate of drug-likeness (QED) is 0.646. The Labute approximate surface area is 157 Å². The van der Waals surface area contributed by atoms with Crippen LogP contribution in [-0.4, -0.2) is 52.5 Å². The zero-order valence-electron chi connectivity index (χ0n) is 16.1. The number of rotatable bonds is 8. The number of amides is 2. The molecule has 2 atom stereocenters. The first-order valence-corrected chi connectivity index (χ1v) is 11.0. The first-order valence-electron chi connectivity index (χ1n) is 9.99. The number of likely N-dealkylation sites (tertiary alicyclic amines) is 1. The summed E-state index contributed by atoms with van der Waals surface area (Å²) in [6.07, 6.45) is 8.10. The molecule has 25 heavy (non-hydrogen) atoms. The topological polar surface area (TPSA) is 61.4 Å². The Morgan fingerprint density at radius 2 is 1.96 bits per heavy atom. The van der Waals surface area contributed by atoms with E-state index in [4.69, 9.17) is 0 Å². The molecule has 0 aromatic carbocycles. The Kier molecular flexibility index (Phi) is 8.07. The monoisotopic (exact) mass is 369 g/mol. The molecule has 1 spiro atoms. The molecule has 0 radical (unpaired) electrons. The number of piperidine rings is 1. The SMILES string of the molecule is CCCCCCC(=O)N1CCC2(CC1)N[C@@H](C(=O)N[C@@H](C)CC)CS2. The molecule has 144 valence electrons. The lowest BCUT2D eigenvalue weighted by atomic mass is 10.0. The van der Waals surface area contributed by atoms with Crippen LogP contribution in [0.1, 0.15) is 72.1 Å². The summed E-state index contributed by atoms with van der Waals surface area (Å²) in [5.41, 5.74) is 0. The normalized spacial score (nSPS) is 23.6. The van der Waals surface area contributed by atoms with E-state index in [1.165, 1.54) is 12.8 Å². The largest absolute Gasteiger partial charge is 0.352 e. The molecule has 0 saturated carbocycles. The highest BCUT2D eigenvalue weighted by atomic mass is 32.2. The third-order valence-electron chi connectivity index (χ3n) is 5.45. The number of carbonyl (C=O) groups excluding carboxylic acids is 2. The van der Waals surface area contributed by atoms with Crippen molar-refractivity contribution in [3.8, 4) is 0 Å². The summed E-state index contributed by atoms with van der Waals surface area (Å²) in [6.45, 7) is 7.94. The van der Waals surface area contributed by atoms with Crippen molar-refractivity contribution in [3.05, 3.63) is 0 Å². The van der Waals surface area contributed by atoms with Crippen LogP contribution in [0, 0.1) is 0 Å². The maximum Gasteiger partial charge on any atom is 0.238 e. The summed E-state index contributed by atoms with van der Waals surface area (Å²) in [5, 5.41) is 6.64. The highest BCUT2D eigenvalue weighted by molar-refractivity contribution is 8.01. The van der Waals surface area contributed by atoms with Crippen LogP contribution in [0.5, 0.6) is 0 Å². The summed E-state index contributed by atoms with van der Waals surface area (Å²) in [5.74, 6) is 1.25. The lowest BCUT2D eigenvalue weighted by Gasteiger charge is -2.39. The van der Waals surface area contributed by atoms with Crippen LogP contribution in [0.15, 0.2) is 0 Å². The molecule has 0 bridgehead atoms. The van der Waals surface area contributed by atoms with Crippen LogP contribution >= 0.6 is 11.8 Å². The molecule has 0 aromatic rings. The lowest BCUT2D eigenvalue weighted by Crippen LogP contribution is -2.55. The summed E-state index contributed by atoms with van der Waals surface area (Å²) in [4.78, 5) is 26.7. The van der Waals surface area contributed by atoms with Gasteiger partial charge in [-0.15, -0.1) is 11.8 Å². The molecule has 2 N–H and O–H groups in total. The van der Waals surface area contributed by atoms with Gasteiger partial charge in [0.25, 0.3) is 0 Å². The highest BCUT2D eigenvalue weighted by Gasteiger charge is 2.44. The molecule has 2 fully saturated rings. The van der Waals surface area contributed by atoms with Gasteiger partial charge in [0.2, 0.25) is 11.8 Å². The fourth-order valence-electron chi connectivity index (χ4n) is 3.50. The number of nitrogens with zero attached hydrogens (tertiary/aromatic N) is 1. The molecule has 5 nitrogen and oxygen atoms in total. The maximum atomic E-state index is 12.3. The minimum atomic E-state index is -0.102. The van der Waals surface area contributed by atoms with Crippen molar-refractivity contribution in [1.82, 2.24) is 15.5 Å². The van der Waals surface area contributed by atoms with Crippen LogP contribution in [0.4, 0.5) is 0 Å². The van der Waals surface area contributed by atoms with Gasteiger partial charge >= 0.3 is 0 Å². The Hall–Kier alpha value is -0.750. The van der Waals surface area contributed by atoms with Gasteiger partial charge in [-0.2, -0.15) is 0 Å².